The number of anilines is 1. The molecule has 0 bridgehead atoms. The van der Waals surface area contributed by atoms with E-state index in [0.29, 0.717) is 0 Å². The fourth-order valence-electron chi connectivity index (χ4n) is 2.80. The summed E-state index contributed by atoms with van der Waals surface area (Å²) in [5.74, 6) is 0.0665. The number of amides is 1. The van der Waals surface area contributed by atoms with Crippen molar-refractivity contribution in [3.63, 3.8) is 0 Å². The lowest BCUT2D eigenvalue weighted by Crippen LogP contribution is -2.50. The summed E-state index contributed by atoms with van der Waals surface area (Å²) in [5.41, 5.74) is 1.58. The number of carbonyl (C=O) groups excluding carboxylic acids is 1. The Morgan fingerprint density at radius 2 is 2.35 bits per heavy atom. The monoisotopic (exact) mass is 276 g/mol. The molecule has 0 spiro atoms. The third-order valence-corrected chi connectivity index (χ3v) is 4.09. The van der Waals surface area contributed by atoms with Crippen LogP contribution in [-0.2, 0) is 11.2 Å². The van der Waals surface area contributed by atoms with Crippen LogP contribution in [-0.4, -0.2) is 29.7 Å². The van der Waals surface area contributed by atoms with Crippen molar-refractivity contribution in [2.45, 2.75) is 44.6 Å². The second-order valence-electron chi connectivity index (χ2n) is 5.45. The van der Waals surface area contributed by atoms with E-state index in [1.54, 1.807) is 0 Å². The van der Waals surface area contributed by atoms with Crippen molar-refractivity contribution in [2.24, 2.45) is 0 Å². The molecule has 1 fully saturated rings. The minimum Gasteiger partial charge on any atom is -0.396 e. The van der Waals surface area contributed by atoms with E-state index in [1.165, 1.54) is 0 Å². The molecule has 110 valence electrons. The minimum absolute atomic E-state index is 0.0665. The molecule has 1 aromatic carbocycles. The first kappa shape index (κ1) is 15.0. The van der Waals surface area contributed by atoms with Crippen molar-refractivity contribution in [3.8, 4) is 0 Å². The fourth-order valence-corrected chi connectivity index (χ4v) is 2.80. The van der Waals surface area contributed by atoms with Crippen molar-refractivity contribution in [1.82, 2.24) is 5.32 Å². The maximum atomic E-state index is 12.5. The molecule has 1 saturated heterocycles. The SMILES string of the molecule is CCC1(C(=O)Nc2cccc(CCCO)c2)CCCN1. The predicted octanol–water partition coefficient (Wildman–Crippen LogP) is 2.08. The quantitative estimate of drug-likeness (QED) is 0.745. The summed E-state index contributed by atoms with van der Waals surface area (Å²) in [6, 6.07) is 7.88. The number of carbonyl (C=O) groups is 1. The molecule has 20 heavy (non-hydrogen) atoms. The summed E-state index contributed by atoms with van der Waals surface area (Å²) in [6.45, 7) is 3.16. The van der Waals surface area contributed by atoms with Crippen molar-refractivity contribution in [1.29, 1.82) is 0 Å². The number of rotatable bonds is 6. The fraction of sp³-hybridized carbons (Fsp3) is 0.562. The third kappa shape index (κ3) is 3.38. The van der Waals surface area contributed by atoms with Gasteiger partial charge in [0.15, 0.2) is 0 Å². The molecule has 4 nitrogen and oxygen atoms in total. The molecule has 2 rings (SSSR count). The average molecular weight is 276 g/mol. The topological polar surface area (TPSA) is 61.4 Å². The van der Waals surface area contributed by atoms with Gasteiger partial charge in [-0.3, -0.25) is 4.79 Å². The van der Waals surface area contributed by atoms with Crippen molar-refractivity contribution < 1.29 is 9.90 Å². The van der Waals surface area contributed by atoms with Crippen LogP contribution < -0.4 is 10.6 Å². The van der Waals surface area contributed by atoms with E-state index in [0.717, 1.165) is 49.9 Å². The van der Waals surface area contributed by atoms with Crippen LogP contribution in [0.3, 0.4) is 0 Å². The van der Waals surface area contributed by atoms with E-state index in [-0.39, 0.29) is 12.5 Å². The van der Waals surface area contributed by atoms with Crippen LogP contribution in [0, 0.1) is 0 Å². The normalized spacial score (nSPS) is 21.9. The van der Waals surface area contributed by atoms with Gasteiger partial charge in [0.1, 0.15) is 0 Å². The maximum absolute atomic E-state index is 12.5. The summed E-state index contributed by atoms with van der Waals surface area (Å²) in [7, 11) is 0. The Balaban J connectivity index is 2.03. The molecule has 0 aromatic heterocycles. The highest BCUT2D eigenvalue weighted by atomic mass is 16.2. The molecule has 0 aliphatic carbocycles. The summed E-state index contributed by atoms with van der Waals surface area (Å²) in [5, 5.41) is 15.2. The summed E-state index contributed by atoms with van der Waals surface area (Å²) in [4.78, 5) is 12.5. The van der Waals surface area contributed by atoms with Crippen molar-refractivity contribution in [2.75, 3.05) is 18.5 Å². The third-order valence-electron chi connectivity index (χ3n) is 4.09. The molecule has 0 saturated carbocycles. The molecule has 3 N–H and O–H groups in total. The Kier molecular flexibility index (Phi) is 5.15. The Labute approximate surface area is 120 Å². The summed E-state index contributed by atoms with van der Waals surface area (Å²) >= 11 is 0. The van der Waals surface area contributed by atoms with E-state index in [2.05, 4.69) is 17.6 Å². The van der Waals surface area contributed by atoms with Crippen LogP contribution in [0.4, 0.5) is 5.69 Å². The Bertz CT molecular complexity index is 454. The van der Waals surface area contributed by atoms with Gasteiger partial charge < -0.3 is 15.7 Å². The number of hydrogen-bond donors (Lipinski definition) is 3. The summed E-state index contributed by atoms with van der Waals surface area (Å²) in [6.07, 6.45) is 4.34. The predicted molar refractivity (Wildman–Crippen MR) is 80.7 cm³/mol. The molecule has 1 aromatic rings. The average Bonchev–Trinajstić information content (AvgIpc) is 2.95. The molecule has 0 radical (unpaired) electrons. The van der Waals surface area contributed by atoms with Gasteiger partial charge in [-0.25, -0.2) is 0 Å². The van der Waals surface area contributed by atoms with Gasteiger partial charge in [0, 0.05) is 12.3 Å². The van der Waals surface area contributed by atoms with Crippen LogP contribution in [0.5, 0.6) is 0 Å². The molecular formula is C16H24N2O2. The standard InChI is InChI=1S/C16H24N2O2/c1-2-16(9-5-10-17-16)15(20)18-14-8-3-6-13(12-14)7-4-11-19/h3,6,8,12,17,19H,2,4-5,7,9-11H2,1H3,(H,18,20). The van der Waals surface area contributed by atoms with Crippen molar-refractivity contribution >= 4 is 11.6 Å². The molecule has 1 unspecified atom stereocenters. The lowest BCUT2D eigenvalue weighted by Gasteiger charge is -2.26. The zero-order chi connectivity index (χ0) is 14.4. The molecule has 1 aliphatic heterocycles. The first-order chi connectivity index (χ1) is 9.70. The van der Waals surface area contributed by atoms with Crippen LogP contribution in [0.15, 0.2) is 24.3 Å². The zero-order valence-corrected chi connectivity index (χ0v) is 12.1. The van der Waals surface area contributed by atoms with Crippen LogP contribution >= 0.6 is 0 Å². The van der Waals surface area contributed by atoms with Crippen molar-refractivity contribution in [3.05, 3.63) is 29.8 Å². The molecule has 1 atom stereocenters. The Hall–Kier alpha value is -1.39. The van der Waals surface area contributed by atoms with Gasteiger partial charge >= 0.3 is 0 Å². The number of nitrogens with one attached hydrogen (secondary N) is 2. The second-order valence-corrected chi connectivity index (χ2v) is 5.45. The molecule has 4 heteroatoms. The maximum Gasteiger partial charge on any atom is 0.244 e. The van der Waals surface area contributed by atoms with Gasteiger partial charge in [-0.05, 0) is 56.3 Å². The van der Waals surface area contributed by atoms with E-state index in [1.807, 2.05) is 24.3 Å². The van der Waals surface area contributed by atoms with E-state index >= 15 is 0 Å². The molecule has 1 aliphatic rings. The molecular weight excluding hydrogens is 252 g/mol. The highest BCUT2D eigenvalue weighted by Gasteiger charge is 2.38. The highest BCUT2D eigenvalue weighted by Crippen LogP contribution is 2.25. The van der Waals surface area contributed by atoms with E-state index < -0.39 is 5.54 Å². The smallest absolute Gasteiger partial charge is 0.244 e. The second kappa shape index (κ2) is 6.86. The zero-order valence-electron chi connectivity index (χ0n) is 12.1. The van der Waals surface area contributed by atoms with Gasteiger partial charge in [-0.1, -0.05) is 19.1 Å². The van der Waals surface area contributed by atoms with Crippen LogP contribution in [0.2, 0.25) is 0 Å². The number of aryl methyl sites for hydroxylation is 1. The van der Waals surface area contributed by atoms with Crippen LogP contribution in [0.1, 0.15) is 38.2 Å². The van der Waals surface area contributed by atoms with E-state index in [9.17, 15) is 4.79 Å². The largest absolute Gasteiger partial charge is 0.396 e. The van der Waals surface area contributed by atoms with Gasteiger partial charge in [0.2, 0.25) is 5.91 Å². The Morgan fingerprint density at radius 1 is 1.50 bits per heavy atom. The highest BCUT2D eigenvalue weighted by molar-refractivity contribution is 5.98. The van der Waals surface area contributed by atoms with Crippen LogP contribution in [0.25, 0.3) is 0 Å². The number of hydrogen-bond acceptors (Lipinski definition) is 3. The summed E-state index contributed by atoms with van der Waals surface area (Å²) < 4.78 is 0. The first-order valence-electron chi connectivity index (χ1n) is 7.46. The van der Waals surface area contributed by atoms with Gasteiger partial charge in [0.05, 0.1) is 5.54 Å². The number of aliphatic hydroxyl groups is 1. The molecule has 1 heterocycles. The lowest BCUT2D eigenvalue weighted by molar-refractivity contribution is -0.122. The van der Waals surface area contributed by atoms with E-state index in [4.69, 9.17) is 5.11 Å². The Morgan fingerprint density at radius 3 is 3.00 bits per heavy atom. The molecule has 1 amide bonds. The lowest BCUT2D eigenvalue weighted by atomic mass is 9.93. The number of benzene rings is 1. The first-order valence-corrected chi connectivity index (χ1v) is 7.46. The van der Waals surface area contributed by atoms with Gasteiger partial charge in [-0.15, -0.1) is 0 Å². The van der Waals surface area contributed by atoms with Gasteiger partial charge in [0.25, 0.3) is 0 Å². The van der Waals surface area contributed by atoms with Gasteiger partial charge in [-0.2, -0.15) is 0 Å². The minimum atomic E-state index is -0.402. The number of aliphatic hydroxyl groups excluding tert-OH is 1.